The Morgan fingerprint density at radius 2 is 1.27 bits per heavy atom. The number of anilines is 1. The first-order chi connectivity index (χ1) is 20.1. The van der Waals surface area contributed by atoms with Gasteiger partial charge in [0.15, 0.2) is 5.11 Å². The highest BCUT2D eigenvalue weighted by molar-refractivity contribution is 7.80. The predicted octanol–water partition coefficient (Wildman–Crippen LogP) is 7.48. The molecule has 0 spiro atoms. The van der Waals surface area contributed by atoms with Gasteiger partial charge in [0.2, 0.25) is 5.91 Å². The average molecular weight is 583 g/mol. The van der Waals surface area contributed by atoms with E-state index in [0.29, 0.717) is 23.8 Å². The predicted molar refractivity (Wildman–Crippen MR) is 173 cm³/mol. The first-order valence-electron chi connectivity index (χ1n) is 15.4. The van der Waals surface area contributed by atoms with Crippen LogP contribution in [-0.2, 0) is 16.1 Å². The van der Waals surface area contributed by atoms with Crippen LogP contribution in [-0.4, -0.2) is 36.2 Å². The Morgan fingerprint density at radius 3 is 1.88 bits per heavy atom. The molecule has 7 nitrogen and oxygen atoms in total. The fourth-order valence-corrected chi connectivity index (χ4v) is 4.68. The third-order valence-electron chi connectivity index (χ3n) is 6.88. The van der Waals surface area contributed by atoms with Gasteiger partial charge in [-0.05, 0) is 55.6 Å². The minimum atomic E-state index is -0.708. The summed E-state index contributed by atoms with van der Waals surface area (Å²) in [5.74, 6) is -0.269. The van der Waals surface area contributed by atoms with Crippen molar-refractivity contribution in [3.05, 3.63) is 66.2 Å². The number of carbonyl (C=O) groups excluding carboxylic acids is 2. The third-order valence-corrected chi connectivity index (χ3v) is 7.17. The molecule has 4 N–H and O–H groups in total. The molecule has 0 saturated heterocycles. The van der Waals surface area contributed by atoms with E-state index in [9.17, 15) is 9.59 Å². The lowest BCUT2D eigenvalue weighted by atomic mass is 10.1. The summed E-state index contributed by atoms with van der Waals surface area (Å²) in [6.07, 6.45) is 14.6. The van der Waals surface area contributed by atoms with Crippen molar-refractivity contribution in [2.75, 3.05) is 18.4 Å². The van der Waals surface area contributed by atoms with Crippen molar-refractivity contribution in [3.63, 3.8) is 0 Å². The topological polar surface area (TPSA) is 91.5 Å². The fraction of sp³-hybridized carbons (Fsp3) is 0.545. The lowest BCUT2D eigenvalue weighted by molar-refractivity contribution is -0.118. The molecule has 226 valence electrons. The lowest BCUT2D eigenvalue weighted by Crippen LogP contribution is -2.44. The van der Waals surface area contributed by atoms with Crippen molar-refractivity contribution in [2.45, 2.75) is 103 Å². The van der Waals surface area contributed by atoms with Crippen LogP contribution in [0.1, 0.15) is 96.0 Å². The third kappa shape index (κ3) is 17.3. The largest absolute Gasteiger partial charge is 0.445 e. The van der Waals surface area contributed by atoms with Gasteiger partial charge >= 0.3 is 6.09 Å². The molecule has 0 unspecified atom stereocenters. The molecule has 0 bridgehead atoms. The Kier molecular flexibility index (Phi) is 18.7. The molecule has 0 aliphatic heterocycles. The van der Waals surface area contributed by atoms with Gasteiger partial charge in [-0.25, -0.2) is 4.79 Å². The molecule has 2 aromatic rings. The molecular formula is C33H50N4O3S. The normalized spacial score (nSPS) is 11.3. The van der Waals surface area contributed by atoms with Gasteiger partial charge in [-0.1, -0.05) is 113 Å². The zero-order chi connectivity index (χ0) is 29.4. The molecule has 2 aromatic carbocycles. The molecule has 2 amide bonds. The number of carbonyl (C=O) groups is 2. The summed E-state index contributed by atoms with van der Waals surface area (Å²) in [7, 11) is 0. The summed E-state index contributed by atoms with van der Waals surface area (Å²) >= 11 is 5.41. The molecule has 0 aliphatic rings. The van der Waals surface area contributed by atoms with Crippen LogP contribution in [0.4, 0.5) is 10.5 Å². The number of ether oxygens (including phenoxy) is 1. The van der Waals surface area contributed by atoms with Crippen molar-refractivity contribution >= 4 is 35.0 Å². The highest BCUT2D eigenvalue weighted by atomic mass is 32.1. The van der Waals surface area contributed by atoms with E-state index in [0.717, 1.165) is 31.4 Å². The standard InChI is InChI=1S/C33H50N4O3S/c1-2-3-4-5-6-7-8-9-10-18-25-34-32(41)35-26-19-17-24-30(31(38)36-29-22-15-12-16-23-29)37-33(39)40-27-28-20-13-11-14-21-28/h11-16,20-23,30H,2-10,17-19,24-27H2,1H3,(H,36,38)(H,37,39)(H2,34,35,41)/t30-/m0/s1. The highest BCUT2D eigenvalue weighted by Gasteiger charge is 2.21. The van der Waals surface area contributed by atoms with E-state index in [4.69, 9.17) is 17.0 Å². The van der Waals surface area contributed by atoms with Crippen LogP contribution < -0.4 is 21.3 Å². The van der Waals surface area contributed by atoms with Gasteiger partial charge in [0.25, 0.3) is 0 Å². The Morgan fingerprint density at radius 1 is 0.732 bits per heavy atom. The summed E-state index contributed by atoms with van der Waals surface area (Å²) < 4.78 is 5.34. The second kappa shape index (κ2) is 22.5. The van der Waals surface area contributed by atoms with Gasteiger partial charge in [0.1, 0.15) is 12.6 Å². The number of unbranched alkanes of at least 4 members (excludes halogenated alkanes) is 10. The smallest absolute Gasteiger partial charge is 0.408 e. The Hall–Kier alpha value is -3.13. The van der Waals surface area contributed by atoms with E-state index in [1.54, 1.807) is 0 Å². The number of para-hydroxylation sites is 1. The quantitative estimate of drug-likeness (QED) is 0.0901. The first-order valence-corrected chi connectivity index (χ1v) is 15.8. The van der Waals surface area contributed by atoms with Crippen LogP contribution in [0.15, 0.2) is 60.7 Å². The first kappa shape index (κ1) is 34.1. The van der Waals surface area contributed by atoms with Crippen LogP contribution in [0.5, 0.6) is 0 Å². The second-order valence-corrected chi connectivity index (χ2v) is 10.9. The Labute approximate surface area is 252 Å². The van der Waals surface area contributed by atoms with Gasteiger partial charge < -0.3 is 26.0 Å². The highest BCUT2D eigenvalue weighted by Crippen LogP contribution is 2.11. The van der Waals surface area contributed by atoms with E-state index in [2.05, 4.69) is 28.2 Å². The maximum atomic E-state index is 12.9. The minimum Gasteiger partial charge on any atom is -0.445 e. The van der Waals surface area contributed by atoms with Gasteiger partial charge in [-0.2, -0.15) is 0 Å². The molecule has 1 atom stereocenters. The molecule has 0 aromatic heterocycles. The molecule has 0 heterocycles. The lowest BCUT2D eigenvalue weighted by Gasteiger charge is -2.19. The van der Waals surface area contributed by atoms with Crippen LogP contribution >= 0.6 is 12.2 Å². The maximum Gasteiger partial charge on any atom is 0.408 e. The van der Waals surface area contributed by atoms with Gasteiger partial charge in [-0.15, -0.1) is 0 Å². The molecule has 0 aliphatic carbocycles. The molecule has 0 radical (unpaired) electrons. The minimum absolute atomic E-state index is 0.146. The van der Waals surface area contributed by atoms with Crippen LogP contribution in [0.2, 0.25) is 0 Å². The van der Waals surface area contributed by atoms with E-state index >= 15 is 0 Å². The second-order valence-electron chi connectivity index (χ2n) is 10.5. The SMILES string of the molecule is CCCCCCCCCCCCNC(=S)NCCCC[C@H](NC(=O)OCc1ccccc1)C(=O)Nc1ccccc1. The van der Waals surface area contributed by atoms with E-state index in [1.807, 2.05) is 60.7 Å². The van der Waals surface area contributed by atoms with Crippen molar-refractivity contribution in [1.82, 2.24) is 16.0 Å². The Balaban J connectivity index is 1.61. The number of rotatable bonds is 21. The van der Waals surface area contributed by atoms with Crippen LogP contribution in [0.25, 0.3) is 0 Å². The summed E-state index contributed by atoms with van der Waals surface area (Å²) in [4.78, 5) is 25.4. The van der Waals surface area contributed by atoms with Gasteiger partial charge in [-0.3, -0.25) is 4.79 Å². The number of amides is 2. The number of nitrogens with one attached hydrogen (secondary N) is 4. The van der Waals surface area contributed by atoms with E-state index < -0.39 is 12.1 Å². The molecule has 8 heteroatoms. The number of hydrogen-bond acceptors (Lipinski definition) is 4. The summed E-state index contributed by atoms with van der Waals surface area (Å²) in [5, 5.41) is 12.8. The van der Waals surface area contributed by atoms with Crippen molar-refractivity contribution < 1.29 is 14.3 Å². The number of alkyl carbamates (subject to hydrolysis) is 1. The van der Waals surface area contributed by atoms with Crippen LogP contribution in [0, 0.1) is 0 Å². The maximum absolute atomic E-state index is 12.9. The van der Waals surface area contributed by atoms with Crippen molar-refractivity contribution in [3.8, 4) is 0 Å². The number of benzene rings is 2. The summed E-state index contributed by atoms with van der Waals surface area (Å²) in [6, 6.07) is 18.0. The zero-order valence-electron chi connectivity index (χ0n) is 24.8. The monoisotopic (exact) mass is 582 g/mol. The molecular weight excluding hydrogens is 532 g/mol. The Bertz CT molecular complexity index is 975. The van der Waals surface area contributed by atoms with Crippen molar-refractivity contribution in [2.24, 2.45) is 0 Å². The van der Waals surface area contributed by atoms with Crippen LogP contribution in [0.3, 0.4) is 0 Å². The summed E-state index contributed by atoms with van der Waals surface area (Å²) in [6.45, 7) is 4.00. The average Bonchev–Trinajstić information content (AvgIpc) is 2.99. The number of hydrogen-bond donors (Lipinski definition) is 4. The van der Waals surface area contributed by atoms with Gasteiger partial charge in [0, 0.05) is 18.8 Å². The van der Waals surface area contributed by atoms with Crippen molar-refractivity contribution in [1.29, 1.82) is 0 Å². The molecule has 41 heavy (non-hydrogen) atoms. The fourth-order valence-electron chi connectivity index (χ4n) is 4.48. The molecule has 2 rings (SSSR count). The zero-order valence-corrected chi connectivity index (χ0v) is 25.6. The van der Waals surface area contributed by atoms with Gasteiger partial charge in [0.05, 0.1) is 0 Å². The van der Waals surface area contributed by atoms with E-state index in [1.165, 1.54) is 57.8 Å². The summed E-state index contributed by atoms with van der Waals surface area (Å²) in [5.41, 5.74) is 1.57. The number of thiocarbonyl (C=S) groups is 1. The molecule has 0 fully saturated rings. The van der Waals surface area contributed by atoms with E-state index in [-0.39, 0.29) is 12.5 Å². The molecule has 0 saturated carbocycles.